The fourth-order valence-electron chi connectivity index (χ4n) is 1.60. The van der Waals surface area contributed by atoms with Gasteiger partial charge in [-0.3, -0.25) is 0 Å². The Morgan fingerprint density at radius 1 is 1.19 bits per heavy atom. The highest BCUT2D eigenvalue weighted by atomic mass is 32.1. The van der Waals surface area contributed by atoms with E-state index < -0.39 is 0 Å². The van der Waals surface area contributed by atoms with Crippen LogP contribution in [0, 0.1) is 0 Å². The lowest BCUT2D eigenvalue weighted by Gasteiger charge is -2.03. The first-order valence-corrected chi connectivity index (χ1v) is 6.51. The quantitative estimate of drug-likeness (QED) is 0.775. The van der Waals surface area contributed by atoms with Gasteiger partial charge in [0.15, 0.2) is 0 Å². The number of thiazole rings is 1. The van der Waals surface area contributed by atoms with Crippen LogP contribution in [0.15, 0.2) is 41.2 Å². The van der Waals surface area contributed by atoms with E-state index in [4.69, 9.17) is 0 Å². The largest absolute Gasteiger partial charge is 0.311 e. The third-order valence-electron chi connectivity index (χ3n) is 2.45. The summed E-state index contributed by atoms with van der Waals surface area (Å²) in [6.07, 6.45) is 2.32. The number of nitrogens with one attached hydrogen (secondary N) is 1. The van der Waals surface area contributed by atoms with Gasteiger partial charge in [-0.15, -0.1) is 11.3 Å². The zero-order valence-electron chi connectivity index (χ0n) is 9.23. The maximum absolute atomic E-state index is 4.23. The molecule has 1 aromatic carbocycles. The van der Waals surface area contributed by atoms with Crippen LogP contribution in [0.1, 0.15) is 17.7 Å². The molecule has 16 heavy (non-hydrogen) atoms. The van der Waals surface area contributed by atoms with Gasteiger partial charge in [-0.1, -0.05) is 30.3 Å². The van der Waals surface area contributed by atoms with Gasteiger partial charge in [-0.2, -0.15) is 0 Å². The molecule has 0 aliphatic carbocycles. The molecule has 0 saturated heterocycles. The molecule has 2 aromatic rings. The number of aromatic nitrogens is 1. The molecule has 0 atom stereocenters. The standard InChI is InChI=1S/C13H16N2S/c1-2-5-12(6-3-1)7-4-8-14-9-13-10-16-11-15-13/h1-3,5-6,10-11,14H,4,7-9H2. The number of benzene rings is 1. The summed E-state index contributed by atoms with van der Waals surface area (Å²) in [5.41, 5.74) is 4.43. The zero-order valence-corrected chi connectivity index (χ0v) is 10.0. The Bertz CT molecular complexity index is 384. The SMILES string of the molecule is c1ccc(CCCNCc2cscn2)cc1. The van der Waals surface area contributed by atoms with Crippen molar-refractivity contribution in [2.75, 3.05) is 6.54 Å². The fourth-order valence-corrected chi connectivity index (χ4v) is 2.16. The minimum Gasteiger partial charge on any atom is -0.311 e. The third-order valence-corrected chi connectivity index (χ3v) is 3.09. The number of rotatable bonds is 6. The summed E-state index contributed by atoms with van der Waals surface area (Å²) < 4.78 is 0. The molecule has 0 fully saturated rings. The van der Waals surface area contributed by atoms with Gasteiger partial charge in [-0.05, 0) is 24.9 Å². The van der Waals surface area contributed by atoms with Crippen LogP contribution in [-0.2, 0) is 13.0 Å². The van der Waals surface area contributed by atoms with Crippen molar-refractivity contribution in [1.29, 1.82) is 0 Å². The van der Waals surface area contributed by atoms with Crippen molar-refractivity contribution >= 4 is 11.3 Å². The van der Waals surface area contributed by atoms with E-state index in [1.54, 1.807) is 11.3 Å². The van der Waals surface area contributed by atoms with Crippen molar-refractivity contribution in [2.24, 2.45) is 0 Å². The molecule has 0 radical (unpaired) electrons. The molecule has 1 N–H and O–H groups in total. The number of nitrogens with zero attached hydrogens (tertiary/aromatic N) is 1. The average molecular weight is 232 g/mol. The predicted octanol–water partition coefficient (Wildman–Crippen LogP) is 2.87. The van der Waals surface area contributed by atoms with Crippen LogP contribution in [0.4, 0.5) is 0 Å². The maximum Gasteiger partial charge on any atom is 0.0795 e. The van der Waals surface area contributed by atoms with E-state index in [2.05, 4.69) is 46.0 Å². The van der Waals surface area contributed by atoms with E-state index in [0.717, 1.165) is 25.2 Å². The molecular weight excluding hydrogens is 216 g/mol. The van der Waals surface area contributed by atoms with E-state index >= 15 is 0 Å². The summed E-state index contributed by atoms with van der Waals surface area (Å²) >= 11 is 1.65. The van der Waals surface area contributed by atoms with E-state index in [1.165, 1.54) is 12.0 Å². The third kappa shape index (κ3) is 3.76. The molecule has 3 heteroatoms. The van der Waals surface area contributed by atoms with Crippen molar-refractivity contribution in [3.05, 3.63) is 52.5 Å². The first-order valence-electron chi connectivity index (χ1n) is 5.57. The lowest BCUT2D eigenvalue weighted by Crippen LogP contribution is -2.15. The number of hydrogen-bond acceptors (Lipinski definition) is 3. The maximum atomic E-state index is 4.23. The van der Waals surface area contributed by atoms with Crippen molar-refractivity contribution < 1.29 is 0 Å². The van der Waals surface area contributed by atoms with Crippen molar-refractivity contribution in [3.8, 4) is 0 Å². The molecule has 0 saturated carbocycles. The molecule has 0 spiro atoms. The lowest BCUT2D eigenvalue weighted by atomic mass is 10.1. The van der Waals surface area contributed by atoms with E-state index in [-0.39, 0.29) is 0 Å². The van der Waals surface area contributed by atoms with Crippen LogP contribution in [0.3, 0.4) is 0 Å². The number of hydrogen-bond donors (Lipinski definition) is 1. The van der Waals surface area contributed by atoms with Crippen LogP contribution in [-0.4, -0.2) is 11.5 Å². The number of aryl methyl sites for hydroxylation is 1. The zero-order chi connectivity index (χ0) is 11.1. The first-order chi connectivity index (χ1) is 7.95. The highest BCUT2D eigenvalue weighted by molar-refractivity contribution is 7.07. The van der Waals surface area contributed by atoms with Gasteiger partial charge in [0.05, 0.1) is 11.2 Å². The minimum atomic E-state index is 0.887. The molecule has 0 aliphatic heterocycles. The van der Waals surface area contributed by atoms with Crippen LogP contribution < -0.4 is 5.32 Å². The smallest absolute Gasteiger partial charge is 0.0795 e. The Labute approximate surface area is 100 Å². The summed E-state index contributed by atoms with van der Waals surface area (Å²) in [6, 6.07) is 10.6. The van der Waals surface area contributed by atoms with Crippen LogP contribution in [0.2, 0.25) is 0 Å². The van der Waals surface area contributed by atoms with Crippen LogP contribution >= 0.6 is 11.3 Å². The second kappa shape index (κ2) is 6.40. The second-order valence-corrected chi connectivity index (χ2v) is 4.46. The normalized spacial score (nSPS) is 10.5. The molecule has 0 aliphatic rings. The Morgan fingerprint density at radius 3 is 2.81 bits per heavy atom. The molecule has 0 amide bonds. The van der Waals surface area contributed by atoms with E-state index in [9.17, 15) is 0 Å². The monoisotopic (exact) mass is 232 g/mol. The Balaban J connectivity index is 1.59. The predicted molar refractivity (Wildman–Crippen MR) is 68.6 cm³/mol. The van der Waals surface area contributed by atoms with Crippen molar-refractivity contribution in [1.82, 2.24) is 10.3 Å². The molecule has 1 heterocycles. The summed E-state index contributed by atoms with van der Waals surface area (Å²) in [7, 11) is 0. The Morgan fingerprint density at radius 2 is 2.06 bits per heavy atom. The highest BCUT2D eigenvalue weighted by Gasteiger charge is 1.94. The van der Waals surface area contributed by atoms with Crippen LogP contribution in [0.25, 0.3) is 0 Å². The van der Waals surface area contributed by atoms with Crippen molar-refractivity contribution in [3.63, 3.8) is 0 Å². The molecule has 84 valence electrons. The summed E-state index contributed by atoms with van der Waals surface area (Å²) in [6.45, 7) is 1.94. The second-order valence-electron chi connectivity index (χ2n) is 3.75. The van der Waals surface area contributed by atoms with Crippen molar-refractivity contribution in [2.45, 2.75) is 19.4 Å². The van der Waals surface area contributed by atoms with E-state index in [0.29, 0.717) is 0 Å². The summed E-state index contributed by atoms with van der Waals surface area (Å²) in [4.78, 5) is 4.23. The van der Waals surface area contributed by atoms with E-state index in [1.807, 2.05) is 5.51 Å². The topological polar surface area (TPSA) is 24.9 Å². The Hall–Kier alpha value is -1.19. The molecular formula is C13H16N2S. The van der Waals surface area contributed by atoms with Gasteiger partial charge in [0.1, 0.15) is 0 Å². The fraction of sp³-hybridized carbons (Fsp3) is 0.308. The summed E-state index contributed by atoms with van der Waals surface area (Å²) in [5.74, 6) is 0. The minimum absolute atomic E-state index is 0.887. The van der Waals surface area contributed by atoms with Gasteiger partial charge in [0.2, 0.25) is 0 Å². The molecule has 0 bridgehead atoms. The van der Waals surface area contributed by atoms with Gasteiger partial charge in [-0.25, -0.2) is 4.98 Å². The van der Waals surface area contributed by atoms with Gasteiger partial charge < -0.3 is 5.32 Å². The average Bonchev–Trinajstić information content (AvgIpc) is 2.83. The van der Waals surface area contributed by atoms with Crippen LogP contribution in [0.5, 0.6) is 0 Å². The lowest BCUT2D eigenvalue weighted by molar-refractivity contribution is 0.642. The molecule has 2 nitrogen and oxygen atoms in total. The van der Waals surface area contributed by atoms with Gasteiger partial charge in [0, 0.05) is 11.9 Å². The first kappa shape index (κ1) is 11.3. The highest BCUT2D eigenvalue weighted by Crippen LogP contribution is 2.02. The molecule has 1 aromatic heterocycles. The molecule has 0 unspecified atom stereocenters. The van der Waals surface area contributed by atoms with Gasteiger partial charge >= 0.3 is 0 Å². The molecule has 2 rings (SSSR count). The summed E-state index contributed by atoms with van der Waals surface area (Å²) in [5, 5.41) is 5.49. The Kier molecular flexibility index (Phi) is 4.52. The van der Waals surface area contributed by atoms with Gasteiger partial charge in [0.25, 0.3) is 0 Å².